The molecule has 0 bridgehead atoms. The van der Waals surface area contributed by atoms with Crippen LogP contribution in [0.2, 0.25) is 0 Å². The van der Waals surface area contributed by atoms with Crippen molar-refractivity contribution in [1.82, 2.24) is 10.2 Å². The molecule has 7 heteroatoms. The molecule has 4 nitrogen and oxygen atoms in total. The van der Waals surface area contributed by atoms with Crippen LogP contribution in [0, 0.1) is 0 Å². The van der Waals surface area contributed by atoms with Crippen LogP contribution < -0.4 is 5.32 Å². The van der Waals surface area contributed by atoms with Gasteiger partial charge in [-0.2, -0.15) is 11.8 Å². The Morgan fingerprint density at radius 3 is 2.94 bits per heavy atom. The van der Waals surface area contributed by atoms with Crippen LogP contribution in [0.3, 0.4) is 0 Å². The van der Waals surface area contributed by atoms with Gasteiger partial charge in [0.25, 0.3) is 5.91 Å². The number of thioether (sulfide) groups is 1. The molecule has 0 saturated carbocycles. The lowest BCUT2D eigenvalue weighted by Gasteiger charge is -2.19. The van der Waals surface area contributed by atoms with Crippen LogP contribution in [0.15, 0.2) is 15.9 Å². The number of carbonyl (C=O) groups excluding carboxylic acids is 2. The second-order valence-electron chi connectivity index (χ2n) is 4.40. The number of urea groups is 1. The first-order valence-corrected chi connectivity index (χ1v) is 8.39. The molecule has 0 aromatic carbocycles. The molecular formula is C11H11BrN2O2S2. The van der Waals surface area contributed by atoms with Gasteiger partial charge >= 0.3 is 6.03 Å². The van der Waals surface area contributed by atoms with E-state index in [1.165, 1.54) is 4.90 Å². The van der Waals surface area contributed by atoms with Gasteiger partial charge in [-0.1, -0.05) is 0 Å². The van der Waals surface area contributed by atoms with Gasteiger partial charge in [0.05, 0.1) is 6.54 Å². The molecular weight excluding hydrogens is 336 g/mol. The number of nitrogens with one attached hydrogen (secondary N) is 1. The molecule has 1 aromatic heterocycles. The smallest absolute Gasteiger partial charge is 0.322 e. The fourth-order valence-corrected chi connectivity index (χ4v) is 5.02. The van der Waals surface area contributed by atoms with E-state index < -0.39 is 5.54 Å². The molecule has 2 saturated heterocycles. The molecule has 3 heterocycles. The maximum absolute atomic E-state index is 12.4. The van der Waals surface area contributed by atoms with Gasteiger partial charge in [-0.05, 0) is 39.6 Å². The number of hydrogen-bond donors (Lipinski definition) is 1. The SMILES string of the molecule is O=C1N[C@]2(CCSC2)C(=O)N1Cc1sccc1Br. The van der Waals surface area contributed by atoms with Gasteiger partial charge in [-0.25, -0.2) is 4.79 Å². The quantitative estimate of drug-likeness (QED) is 0.836. The van der Waals surface area contributed by atoms with E-state index in [-0.39, 0.29) is 11.9 Å². The number of carbonyl (C=O) groups is 2. The lowest BCUT2D eigenvalue weighted by molar-refractivity contribution is -0.130. The second kappa shape index (κ2) is 4.54. The molecule has 0 aliphatic carbocycles. The molecule has 18 heavy (non-hydrogen) atoms. The zero-order chi connectivity index (χ0) is 12.8. The van der Waals surface area contributed by atoms with Crippen LogP contribution in [-0.2, 0) is 11.3 Å². The van der Waals surface area contributed by atoms with Crippen molar-refractivity contribution in [2.75, 3.05) is 11.5 Å². The van der Waals surface area contributed by atoms with Gasteiger partial charge < -0.3 is 5.32 Å². The predicted molar refractivity (Wildman–Crippen MR) is 75.8 cm³/mol. The number of hydrogen-bond acceptors (Lipinski definition) is 4. The van der Waals surface area contributed by atoms with Crippen LogP contribution in [-0.4, -0.2) is 33.9 Å². The topological polar surface area (TPSA) is 49.4 Å². The van der Waals surface area contributed by atoms with Crippen molar-refractivity contribution >= 4 is 51.0 Å². The third kappa shape index (κ3) is 1.88. The maximum atomic E-state index is 12.4. The van der Waals surface area contributed by atoms with Crippen LogP contribution in [0.5, 0.6) is 0 Å². The first-order chi connectivity index (χ1) is 8.62. The van der Waals surface area contributed by atoms with Gasteiger partial charge in [0.2, 0.25) is 0 Å². The summed E-state index contributed by atoms with van der Waals surface area (Å²) in [5.74, 6) is 1.56. The van der Waals surface area contributed by atoms with Gasteiger partial charge in [0.1, 0.15) is 5.54 Å². The molecule has 2 fully saturated rings. The Balaban J connectivity index is 1.83. The molecule has 2 aliphatic heterocycles. The fourth-order valence-electron chi connectivity index (χ4n) is 2.23. The van der Waals surface area contributed by atoms with Crippen molar-refractivity contribution in [3.8, 4) is 0 Å². The number of nitrogens with zero attached hydrogens (tertiary/aromatic N) is 1. The van der Waals surface area contributed by atoms with E-state index in [0.29, 0.717) is 12.3 Å². The van der Waals surface area contributed by atoms with Crippen molar-refractivity contribution in [1.29, 1.82) is 0 Å². The Morgan fingerprint density at radius 2 is 2.33 bits per heavy atom. The molecule has 3 amide bonds. The van der Waals surface area contributed by atoms with E-state index in [1.807, 2.05) is 11.4 Å². The van der Waals surface area contributed by atoms with Gasteiger partial charge in [0.15, 0.2) is 0 Å². The molecule has 2 aliphatic rings. The van der Waals surface area contributed by atoms with E-state index in [2.05, 4.69) is 21.2 Å². The molecule has 0 unspecified atom stereocenters. The number of rotatable bonds is 2. The average Bonchev–Trinajstić information content (AvgIpc) is 3.00. The molecule has 1 spiro atoms. The van der Waals surface area contributed by atoms with Crippen molar-refractivity contribution in [3.63, 3.8) is 0 Å². The van der Waals surface area contributed by atoms with E-state index in [1.54, 1.807) is 23.1 Å². The van der Waals surface area contributed by atoms with Crippen LogP contribution >= 0.6 is 39.0 Å². The maximum Gasteiger partial charge on any atom is 0.325 e. The van der Waals surface area contributed by atoms with Crippen LogP contribution in [0.25, 0.3) is 0 Å². The Morgan fingerprint density at radius 1 is 1.50 bits per heavy atom. The summed E-state index contributed by atoms with van der Waals surface area (Å²) in [6.45, 7) is 0.356. The minimum atomic E-state index is -0.633. The molecule has 0 radical (unpaired) electrons. The minimum Gasteiger partial charge on any atom is -0.322 e. The largest absolute Gasteiger partial charge is 0.325 e. The van der Waals surface area contributed by atoms with Crippen LogP contribution in [0.1, 0.15) is 11.3 Å². The number of halogens is 1. The number of amides is 3. The summed E-state index contributed by atoms with van der Waals surface area (Å²) in [7, 11) is 0. The van der Waals surface area contributed by atoms with Gasteiger partial charge in [0, 0.05) is 15.1 Å². The standard InChI is InChI=1S/C11H11BrN2O2S2/c12-7-1-3-18-8(7)5-14-9(15)11(13-10(14)16)2-4-17-6-11/h1,3H,2,4-6H2,(H,13,16)/t11-/m0/s1. The Hall–Kier alpha value is -0.530. The summed E-state index contributed by atoms with van der Waals surface area (Å²) in [5.41, 5.74) is -0.633. The summed E-state index contributed by atoms with van der Waals surface area (Å²) >= 11 is 6.69. The Labute approximate surface area is 121 Å². The van der Waals surface area contributed by atoms with Gasteiger partial charge in [-0.15, -0.1) is 11.3 Å². The van der Waals surface area contributed by atoms with E-state index in [0.717, 1.165) is 21.5 Å². The summed E-state index contributed by atoms with van der Waals surface area (Å²) < 4.78 is 0.954. The molecule has 3 rings (SSSR count). The zero-order valence-corrected chi connectivity index (χ0v) is 12.7. The van der Waals surface area contributed by atoms with Crippen LogP contribution in [0.4, 0.5) is 4.79 Å². The van der Waals surface area contributed by atoms with E-state index in [4.69, 9.17) is 0 Å². The predicted octanol–water partition coefficient (Wildman–Crippen LogP) is 2.44. The lowest BCUT2D eigenvalue weighted by atomic mass is 9.99. The molecule has 1 aromatic rings. The zero-order valence-electron chi connectivity index (χ0n) is 9.44. The number of thiophene rings is 1. The van der Waals surface area contributed by atoms with Crippen molar-refractivity contribution in [3.05, 3.63) is 20.8 Å². The Bertz CT molecular complexity index is 511. The minimum absolute atomic E-state index is 0.0715. The fraction of sp³-hybridized carbons (Fsp3) is 0.455. The third-order valence-corrected chi connectivity index (χ3v) is 6.36. The molecule has 96 valence electrons. The van der Waals surface area contributed by atoms with Crippen molar-refractivity contribution in [2.24, 2.45) is 0 Å². The second-order valence-corrected chi connectivity index (χ2v) is 7.36. The van der Waals surface area contributed by atoms with E-state index >= 15 is 0 Å². The highest BCUT2D eigenvalue weighted by atomic mass is 79.9. The highest BCUT2D eigenvalue weighted by Gasteiger charge is 2.52. The monoisotopic (exact) mass is 346 g/mol. The summed E-state index contributed by atoms with van der Waals surface area (Å²) in [6, 6.07) is 1.67. The van der Waals surface area contributed by atoms with Gasteiger partial charge in [-0.3, -0.25) is 9.69 Å². The van der Waals surface area contributed by atoms with Crippen molar-refractivity contribution in [2.45, 2.75) is 18.5 Å². The molecule has 1 N–H and O–H groups in total. The highest BCUT2D eigenvalue weighted by Crippen LogP contribution is 2.35. The third-order valence-electron chi connectivity index (χ3n) is 3.26. The first kappa shape index (κ1) is 12.5. The average molecular weight is 347 g/mol. The Kier molecular flexibility index (Phi) is 3.15. The first-order valence-electron chi connectivity index (χ1n) is 5.56. The normalized spacial score (nSPS) is 27.3. The lowest BCUT2D eigenvalue weighted by Crippen LogP contribution is -2.46. The summed E-state index contributed by atoms with van der Waals surface area (Å²) in [4.78, 5) is 26.7. The summed E-state index contributed by atoms with van der Waals surface area (Å²) in [5, 5.41) is 4.81. The van der Waals surface area contributed by atoms with Crippen molar-refractivity contribution < 1.29 is 9.59 Å². The highest BCUT2D eigenvalue weighted by molar-refractivity contribution is 9.10. The number of imide groups is 1. The summed E-state index contributed by atoms with van der Waals surface area (Å²) in [6.07, 6.45) is 0.740. The van der Waals surface area contributed by atoms with E-state index in [9.17, 15) is 9.59 Å². The molecule has 1 atom stereocenters.